The van der Waals surface area contributed by atoms with Crippen LogP contribution in [0.5, 0.6) is 0 Å². The van der Waals surface area contributed by atoms with Gasteiger partial charge in [0.15, 0.2) is 0 Å². The molecule has 0 radical (unpaired) electrons. The van der Waals surface area contributed by atoms with E-state index in [4.69, 9.17) is 4.65 Å². The molecule has 0 fully saturated rings. The first-order valence-corrected chi connectivity index (χ1v) is 2.82. The zero-order chi connectivity index (χ0) is 4.99. The van der Waals surface area contributed by atoms with Crippen molar-refractivity contribution in [3.63, 3.8) is 0 Å². The van der Waals surface area contributed by atoms with Gasteiger partial charge in [0, 0.05) is 11.4 Å². The Hall–Kier alpha value is 0.505. The van der Waals surface area contributed by atoms with Crippen LogP contribution in [0, 0.1) is 0 Å². The van der Waals surface area contributed by atoms with Gasteiger partial charge in [-0.15, -0.1) is 0 Å². The predicted molar refractivity (Wildman–Crippen MR) is 32.9 cm³/mol. The fourth-order valence-corrected chi connectivity index (χ4v) is 0.494. The molecule has 0 bridgehead atoms. The van der Waals surface area contributed by atoms with E-state index in [1.165, 1.54) is 0 Å². The molecule has 0 aliphatic heterocycles. The van der Waals surface area contributed by atoms with Crippen LogP contribution in [-0.4, -0.2) is 19.5 Å². The largest absolute Gasteiger partial charge is 0.443 e. The summed E-state index contributed by atoms with van der Waals surface area (Å²) in [5.74, 6) is 0. The van der Waals surface area contributed by atoms with Crippen LogP contribution in [0.15, 0.2) is 0 Å². The molecule has 0 saturated carbocycles. The van der Waals surface area contributed by atoms with E-state index in [2.05, 4.69) is 15.9 Å². The van der Waals surface area contributed by atoms with Crippen molar-refractivity contribution < 1.29 is 4.65 Å². The topological polar surface area (TPSA) is 9.23 Å². The van der Waals surface area contributed by atoms with E-state index in [9.17, 15) is 0 Å². The molecule has 0 N–H and O–H groups in total. The summed E-state index contributed by atoms with van der Waals surface area (Å²) in [6, 6.07) is 0. The third-order valence-electron chi connectivity index (χ3n) is 0.396. The molecule has 36 valence electrons. The molecular formula is C3H8BBrO. The lowest BCUT2D eigenvalue weighted by Crippen LogP contribution is -2.00. The molecule has 0 amide bonds. The summed E-state index contributed by atoms with van der Waals surface area (Å²) in [6.45, 7) is 2.84. The maximum atomic E-state index is 4.76. The van der Waals surface area contributed by atoms with Crippen molar-refractivity contribution in [2.45, 2.75) is 11.8 Å². The second kappa shape index (κ2) is 3.69. The van der Waals surface area contributed by atoms with Crippen molar-refractivity contribution >= 4 is 24.0 Å². The molecule has 3 heteroatoms. The Morgan fingerprint density at radius 1 is 2.00 bits per heavy atom. The zero-order valence-corrected chi connectivity index (χ0v) is 5.66. The summed E-state index contributed by atoms with van der Waals surface area (Å²) in [7, 11) is 1.69. The van der Waals surface area contributed by atoms with Gasteiger partial charge in [-0.2, -0.15) is 0 Å². The molecule has 1 unspecified atom stereocenters. The van der Waals surface area contributed by atoms with Gasteiger partial charge in [0.1, 0.15) is 0 Å². The Labute approximate surface area is 47.6 Å². The van der Waals surface area contributed by atoms with Crippen LogP contribution in [-0.2, 0) is 4.65 Å². The lowest BCUT2D eigenvalue weighted by Gasteiger charge is -1.96. The number of alkyl halides is 1. The molecule has 0 aliphatic carbocycles. The third-order valence-corrected chi connectivity index (χ3v) is 0.661. The fraction of sp³-hybridized carbons (Fsp3) is 1.00. The minimum Gasteiger partial charge on any atom is -0.443 e. The quantitative estimate of drug-likeness (QED) is 0.408. The van der Waals surface area contributed by atoms with Gasteiger partial charge in [0.05, 0.1) is 0 Å². The van der Waals surface area contributed by atoms with Gasteiger partial charge in [-0.05, 0) is 0 Å². The number of rotatable bonds is 2. The van der Waals surface area contributed by atoms with Gasteiger partial charge >= 0.3 is 0 Å². The van der Waals surface area contributed by atoms with E-state index in [1.54, 1.807) is 8.05 Å². The Kier molecular flexibility index (Phi) is 4.00. The summed E-state index contributed by atoms with van der Waals surface area (Å²) < 4.78 is 4.76. The molecule has 6 heavy (non-hydrogen) atoms. The molecule has 0 aromatic heterocycles. The second-order valence-corrected chi connectivity index (χ2v) is 2.80. The highest BCUT2D eigenvalue weighted by molar-refractivity contribution is 9.09. The zero-order valence-electron chi connectivity index (χ0n) is 4.07. The van der Waals surface area contributed by atoms with Crippen molar-refractivity contribution in [2.24, 2.45) is 0 Å². The Morgan fingerprint density at radius 2 is 2.50 bits per heavy atom. The summed E-state index contributed by atoms with van der Waals surface area (Å²) >= 11 is 3.31. The highest BCUT2D eigenvalue weighted by Crippen LogP contribution is 1.94. The molecule has 0 spiro atoms. The van der Waals surface area contributed by atoms with Gasteiger partial charge in [0.25, 0.3) is 8.05 Å². The second-order valence-electron chi connectivity index (χ2n) is 1.24. The molecule has 1 nitrogen and oxygen atoms in total. The summed E-state index contributed by atoms with van der Waals surface area (Å²) in [6.07, 6.45) is 0. The number of halogens is 1. The van der Waals surface area contributed by atoms with Crippen LogP contribution in [0.1, 0.15) is 6.92 Å². The van der Waals surface area contributed by atoms with E-state index in [1.807, 2.05) is 6.92 Å². The van der Waals surface area contributed by atoms with Crippen molar-refractivity contribution in [3.05, 3.63) is 0 Å². The summed E-state index contributed by atoms with van der Waals surface area (Å²) in [4.78, 5) is 0.488. The summed E-state index contributed by atoms with van der Waals surface area (Å²) in [5, 5.41) is 0. The molecule has 0 aliphatic rings. The third kappa shape index (κ3) is 4.50. The highest BCUT2D eigenvalue weighted by Gasteiger charge is 1.87. The van der Waals surface area contributed by atoms with E-state index in [-0.39, 0.29) is 0 Å². The molecule has 1 atom stereocenters. The first-order chi connectivity index (χ1) is 2.77. The van der Waals surface area contributed by atoms with E-state index in [0.717, 1.165) is 6.61 Å². The first-order valence-electron chi connectivity index (χ1n) is 1.90. The average molecular weight is 151 g/mol. The Bertz CT molecular complexity index is 32.0. The van der Waals surface area contributed by atoms with Gasteiger partial charge in [-0.3, -0.25) is 0 Å². The Balaban J connectivity index is 2.63. The average Bonchev–Trinajstić information content (AvgIpc) is 1.35. The van der Waals surface area contributed by atoms with E-state index >= 15 is 0 Å². The highest BCUT2D eigenvalue weighted by atomic mass is 79.9. The minimum atomic E-state index is 0.488. The molecule has 0 heterocycles. The molecule has 0 aromatic carbocycles. The molecular weight excluding hydrogens is 143 g/mol. The van der Waals surface area contributed by atoms with Crippen molar-refractivity contribution in [2.75, 3.05) is 6.61 Å². The fourth-order valence-electron chi connectivity index (χ4n) is 0.230. The van der Waals surface area contributed by atoms with Crippen molar-refractivity contribution in [3.8, 4) is 0 Å². The van der Waals surface area contributed by atoms with Crippen LogP contribution >= 0.6 is 15.9 Å². The number of hydrogen-bond acceptors (Lipinski definition) is 1. The number of hydrogen-bond donors (Lipinski definition) is 0. The van der Waals surface area contributed by atoms with Crippen LogP contribution in [0.2, 0.25) is 0 Å². The SMILES string of the molecule is BOCC(C)Br. The van der Waals surface area contributed by atoms with Crippen molar-refractivity contribution in [1.29, 1.82) is 0 Å². The Morgan fingerprint density at radius 3 is 2.50 bits per heavy atom. The van der Waals surface area contributed by atoms with E-state index in [0.29, 0.717) is 4.83 Å². The van der Waals surface area contributed by atoms with Crippen molar-refractivity contribution in [1.82, 2.24) is 0 Å². The van der Waals surface area contributed by atoms with Gasteiger partial charge in [0.2, 0.25) is 0 Å². The normalized spacial score (nSPS) is 14.3. The minimum absolute atomic E-state index is 0.488. The van der Waals surface area contributed by atoms with Crippen LogP contribution < -0.4 is 0 Å². The molecule has 0 saturated heterocycles. The standard InChI is InChI=1S/C3H8BBrO/c1-3(5)2-6-4/h3H,2,4H2,1H3. The lowest BCUT2D eigenvalue weighted by molar-refractivity contribution is 0.356. The van der Waals surface area contributed by atoms with Gasteiger partial charge in [-0.1, -0.05) is 22.9 Å². The predicted octanol–water partition coefficient (Wildman–Crippen LogP) is 0.334. The first kappa shape index (κ1) is 6.50. The lowest BCUT2D eigenvalue weighted by atomic mass is 10.5. The van der Waals surface area contributed by atoms with Gasteiger partial charge < -0.3 is 4.65 Å². The maximum absolute atomic E-state index is 4.76. The monoisotopic (exact) mass is 150 g/mol. The van der Waals surface area contributed by atoms with E-state index < -0.39 is 0 Å². The summed E-state index contributed by atoms with van der Waals surface area (Å²) in [5.41, 5.74) is 0. The molecule has 0 aromatic rings. The maximum Gasteiger partial charge on any atom is 0.257 e. The van der Waals surface area contributed by atoms with Crippen LogP contribution in [0.25, 0.3) is 0 Å². The smallest absolute Gasteiger partial charge is 0.257 e. The molecule has 0 rings (SSSR count). The van der Waals surface area contributed by atoms with Crippen LogP contribution in [0.3, 0.4) is 0 Å². The van der Waals surface area contributed by atoms with Crippen LogP contribution in [0.4, 0.5) is 0 Å². The van der Waals surface area contributed by atoms with Gasteiger partial charge in [-0.25, -0.2) is 0 Å².